The summed E-state index contributed by atoms with van der Waals surface area (Å²) in [7, 11) is -3.71. The number of carbonyl (C=O) groups is 1. The zero-order chi connectivity index (χ0) is 15.7. The molecule has 0 bridgehead atoms. The number of fused-ring (bicyclic) bond motifs is 1. The molecule has 0 unspecified atom stereocenters. The molecular formula is C13H15ClN4O3S. The molecule has 1 aromatic carbocycles. The second-order valence-corrected chi connectivity index (χ2v) is 7.60. The summed E-state index contributed by atoms with van der Waals surface area (Å²) in [4.78, 5) is 12.2. The Morgan fingerprint density at radius 1 is 1.41 bits per heavy atom. The highest BCUT2D eigenvalue weighted by molar-refractivity contribution is 7.90. The largest absolute Gasteiger partial charge is 0.315 e. The zero-order valence-electron chi connectivity index (χ0n) is 11.6. The Bertz CT molecular complexity index is 812. The average molecular weight is 343 g/mol. The summed E-state index contributed by atoms with van der Waals surface area (Å²) in [6, 6.07) is 2.97. The summed E-state index contributed by atoms with van der Waals surface area (Å²) in [5, 5.41) is 9.94. The van der Waals surface area contributed by atoms with E-state index in [4.69, 9.17) is 11.6 Å². The molecular weight excluding hydrogens is 328 g/mol. The number of hydrogen-bond acceptors (Lipinski definition) is 5. The maximum Gasteiger partial charge on any atom is 0.264 e. The third-order valence-electron chi connectivity index (χ3n) is 3.69. The van der Waals surface area contributed by atoms with Gasteiger partial charge in [-0.15, -0.1) is 0 Å². The minimum Gasteiger partial charge on any atom is -0.315 e. The number of H-pyrrole nitrogens is 1. The number of aromatic amines is 1. The number of carbonyl (C=O) groups excluding carboxylic acids is 1. The first-order chi connectivity index (χ1) is 10.5. The summed E-state index contributed by atoms with van der Waals surface area (Å²) in [5.41, 5.74) is 0.795. The highest BCUT2D eigenvalue weighted by Gasteiger charge is 2.29. The molecule has 1 aliphatic heterocycles. The van der Waals surface area contributed by atoms with Gasteiger partial charge < -0.3 is 5.32 Å². The third-order valence-corrected chi connectivity index (χ3v) is 5.74. The molecule has 22 heavy (non-hydrogen) atoms. The van der Waals surface area contributed by atoms with Crippen LogP contribution in [0.25, 0.3) is 10.9 Å². The molecule has 2 aromatic rings. The summed E-state index contributed by atoms with van der Waals surface area (Å²) < 4.78 is 26.6. The van der Waals surface area contributed by atoms with Crippen LogP contribution in [0.4, 0.5) is 0 Å². The number of piperidine rings is 1. The van der Waals surface area contributed by atoms with E-state index in [-0.39, 0.29) is 5.56 Å². The third kappa shape index (κ3) is 2.94. The van der Waals surface area contributed by atoms with Crippen molar-refractivity contribution in [3.8, 4) is 0 Å². The Labute approximate surface area is 132 Å². The maximum atomic E-state index is 12.2. The Morgan fingerprint density at radius 3 is 2.95 bits per heavy atom. The predicted molar refractivity (Wildman–Crippen MR) is 83.4 cm³/mol. The van der Waals surface area contributed by atoms with E-state index < -0.39 is 21.2 Å². The number of halogens is 1. The Kier molecular flexibility index (Phi) is 4.07. The van der Waals surface area contributed by atoms with Gasteiger partial charge in [-0.05, 0) is 31.5 Å². The van der Waals surface area contributed by atoms with Crippen LogP contribution < -0.4 is 10.0 Å². The molecule has 9 heteroatoms. The van der Waals surface area contributed by atoms with E-state index in [1.165, 1.54) is 12.3 Å². The fraction of sp³-hybridized carbons (Fsp3) is 0.385. The van der Waals surface area contributed by atoms with Gasteiger partial charge in [-0.1, -0.05) is 11.6 Å². The first-order valence-corrected chi connectivity index (χ1v) is 8.79. The first-order valence-electron chi connectivity index (χ1n) is 6.87. The van der Waals surface area contributed by atoms with Gasteiger partial charge in [0, 0.05) is 17.5 Å². The number of aromatic nitrogens is 2. The fourth-order valence-corrected chi connectivity index (χ4v) is 4.13. The standard InChI is InChI=1S/C13H15ClN4O3S/c14-11-5-8(4-9-6-16-17-12(9)11)13(19)18-22(20,21)10-2-1-3-15-7-10/h4-6,10,15H,1-3,7H2,(H,16,17)(H,18,19)/t10-/m1/s1. The quantitative estimate of drug-likeness (QED) is 0.772. The van der Waals surface area contributed by atoms with Gasteiger partial charge in [0.15, 0.2) is 0 Å². The van der Waals surface area contributed by atoms with Crippen molar-refractivity contribution in [3.05, 3.63) is 28.9 Å². The van der Waals surface area contributed by atoms with Gasteiger partial charge in [-0.2, -0.15) is 5.10 Å². The molecule has 118 valence electrons. The monoisotopic (exact) mass is 342 g/mol. The molecule has 1 aliphatic rings. The van der Waals surface area contributed by atoms with Crippen LogP contribution in [0, 0.1) is 0 Å². The van der Waals surface area contributed by atoms with Crippen LogP contribution in [0.15, 0.2) is 18.3 Å². The molecule has 1 aromatic heterocycles. The number of hydrogen-bond donors (Lipinski definition) is 3. The van der Waals surface area contributed by atoms with Crippen LogP contribution in [-0.4, -0.2) is 42.9 Å². The van der Waals surface area contributed by atoms with E-state index in [9.17, 15) is 13.2 Å². The van der Waals surface area contributed by atoms with Crippen molar-refractivity contribution >= 4 is 38.4 Å². The zero-order valence-corrected chi connectivity index (χ0v) is 13.2. The van der Waals surface area contributed by atoms with Crippen LogP contribution in [0.2, 0.25) is 5.02 Å². The highest BCUT2D eigenvalue weighted by Crippen LogP contribution is 2.23. The Balaban J connectivity index is 1.83. The minimum absolute atomic E-state index is 0.186. The summed E-state index contributed by atoms with van der Waals surface area (Å²) in [6.45, 7) is 1.15. The fourth-order valence-electron chi connectivity index (χ4n) is 2.50. The maximum absolute atomic E-state index is 12.2. The number of nitrogens with zero attached hydrogens (tertiary/aromatic N) is 1. The Morgan fingerprint density at radius 2 is 2.23 bits per heavy atom. The summed E-state index contributed by atoms with van der Waals surface area (Å²) in [5.74, 6) is -0.685. The van der Waals surface area contributed by atoms with Crippen molar-refractivity contribution in [3.63, 3.8) is 0 Å². The van der Waals surface area contributed by atoms with Gasteiger partial charge >= 0.3 is 0 Å². The first kappa shape index (κ1) is 15.3. The molecule has 7 nitrogen and oxygen atoms in total. The number of nitrogens with one attached hydrogen (secondary N) is 3. The molecule has 0 spiro atoms. The molecule has 0 saturated carbocycles. The molecule has 2 heterocycles. The van der Waals surface area contributed by atoms with Crippen molar-refractivity contribution < 1.29 is 13.2 Å². The lowest BCUT2D eigenvalue weighted by molar-refractivity contribution is 0.0981. The van der Waals surface area contributed by atoms with E-state index in [1.807, 2.05) is 0 Å². The summed E-state index contributed by atoms with van der Waals surface area (Å²) >= 11 is 6.06. The second kappa shape index (κ2) is 5.86. The van der Waals surface area contributed by atoms with Crippen LogP contribution >= 0.6 is 11.6 Å². The van der Waals surface area contributed by atoms with Crippen molar-refractivity contribution in [1.29, 1.82) is 0 Å². The van der Waals surface area contributed by atoms with E-state index >= 15 is 0 Å². The van der Waals surface area contributed by atoms with Crippen molar-refractivity contribution in [1.82, 2.24) is 20.2 Å². The average Bonchev–Trinajstić information content (AvgIpc) is 2.97. The molecule has 1 atom stereocenters. The molecule has 1 saturated heterocycles. The smallest absolute Gasteiger partial charge is 0.264 e. The van der Waals surface area contributed by atoms with Crippen LogP contribution in [0.5, 0.6) is 0 Å². The van der Waals surface area contributed by atoms with E-state index in [0.717, 1.165) is 13.0 Å². The summed E-state index contributed by atoms with van der Waals surface area (Å²) in [6.07, 6.45) is 2.83. The molecule has 0 aliphatic carbocycles. The van der Waals surface area contributed by atoms with Gasteiger partial charge in [0.2, 0.25) is 10.0 Å². The lowest BCUT2D eigenvalue weighted by Gasteiger charge is -2.22. The SMILES string of the molecule is O=C(NS(=O)(=O)[C@@H]1CCCNC1)c1cc(Cl)c2[nH]ncc2c1. The number of sulfonamides is 1. The molecule has 3 rings (SSSR count). The van der Waals surface area contributed by atoms with Crippen LogP contribution in [0.3, 0.4) is 0 Å². The van der Waals surface area contributed by atoms with Gasteiger partial charge in [0.1, 0.15) is 0 Å². The van der Waals surface area contributed by atoms with Gasteiger partial charge in [0.05, 0.1) is 22.0 Å². The van der Waals surface area contributed by atoms with Crippen molar-refractivity contribution in [2.24, 2.45) is 0 Å². The predicted octanol–water partition coefficient (Wildman–Crippen LogP) is 1.03. The molecule has 1 fully saturated rings. The van der Waals surface area contributed by atoms with Crippen molar-refractivity contribution in [2.75, 3.05) is 13.1 Å². The second-order valence-electron chi connectivity index (χ2n) is 5.24. The van der Waals surface area contributed by atoms with Crippen LogP contribution in [-0.2, 0) is 10.0 Å². The number of amides is 1. The van der Waals surface area contributed by atoms with E-state index in [0.29, 0.717) is 28.9 Å². The molecule has 3 N–H and O–H groups in total. The van der Waals surface area contributed by atoms with Gasteiger partial charge in [-0.25, -0.2) is 13.1 Å². The number of benzene rings is 1. The van der Waals surface area contributed by atoms with Crippen molar-refractivity contribution in [2.45, 2.75) is 18.1 Å². The minimum atomic E-state index is -3.71. The topological polar surface area (TPSA) is 104 Å². The lowest BCUT2D eigenvalue weighted by Crippen LogP contribution is -2.46. The van der Waals surface area contributed by atoms with E-state index in [1.54, 1.807) is 6.07 Å². The van der Waals surface area contributed by atoms with Gasteiger partial charge in [0.25, 0.3) is 5.91 Å². The molecule has 0 radical (unpaired) electrons. The number of rotatable bonds is 3. The molecule has 1 amide bonds. The Hall–Kier alpha value is -1.64. The highest BCUT2D eigenvalue weighted by atomic mass is 35.5. The van der Waals surface area contributed by atoms with Crippen LogP contribution in [0.1, 0.15) is 23.2 Å². The van der Waals surface area contributed by atoms with E-state index in [2.05, 4.69) is 20.2 Å². The van der Waals surface area contributed by atoms with Gasteiger partial charge in [-0.3, -0.25) is 9.89 Å². The lowest BCUT2D eigenvalue weighted by atomic mass is 10.1. The normalized spacial score (nSPS) is 19.2.